The lowest BCUT2D eigenvalue weighted by Crippen LogP contribution is -2.19. The molecule has 134 valence electrons. The second kappa shape index (κ2) is 8.69. The number of nitrogens with one attached hydrogen (secondary N) is 1. The number of anilines is 1. The van der Waals surface area contributed by atoms with E-state index in [2.05, 4.69) is 10.3 Å². The largest absolute Gasteiger partial charge is 0.497 e. The summed E-state index contributed by atoms with van der Waals surface area (Å²) >= 11 is 7.32. The first-order valence-corrected chi connectivity index (χ1v) is 9.07. The number of halogens is 1. The number of hydrogen-bond donors (Lipinski definition) is 1. The summed E-state index contributed by atoms with van der Waals surface area (Å²) in [6, 6.07) is 14.8. The molecule has 1 aromatic heterocycles. The van der Waals surface area contributed by atoms with E-state index in [4.69, 9.17) is 21.1 Å². The third-order valence-corrected chi connectivity index (χ3v) is 4.65. The molecule has 3 rings (SSSR count). The van der Waals surface area contributed by atoms with E-state index < -0.39 is 0 Å². The number of hydrogen-bond acceptors (Lipinski definition) is 5. The lowest BCUT2D eigenvalue weighted by Gasteiger charge is -2.05. The fourth-order valence-corrected chi connectivity index (χ4v) is 3.30. The first-order chi connectivity index (χ1) is 12.6. The number of nitrogens with zero attached hydrogens (tertiary/aromatic N) is 1. The molecule has 0 aliphatic carbocycles. The summed E-state index contributed by atoms with van der Waals surface area (Å²) in [5, 5.41) is 3.85. The highest BCUT2D eigenvalue weighted by Gasteiger charge is 2.08. The number of carbonyl (C=O) groups is 1. The first kappa shape index (κ1) is 18.2. The Morgan fingerprint density at radius 3 is 2.73 bits per heavy atom. The molecule has 7 heteroatoms. The summed E-state index contributed by atoms with van der Waals surface area (Å²) in [4.78, 5) is 17.3. The van der Waals surface area contributed by atoms with Crippen LogP contribution in [0.2, 0.25) is 5.02 Å². The molecule has 1 N–H and O–H groups in total. The number of ether oxygens (including phenoxy) is 2. The number of thiazole rings is 1. The van der Waals surface area contributed by atoms with Crippen molar-refractivity contribution in [3.8, 4) is 11.5 Å². The quantitative estimate of drug-likeness (QED) is 0.651. The van der Waals surface area contributed by atoms with Crippen molar-refractivity contribution < 1.29 is 14.3 Å². The maximum Gasteiger partial charge on any atom is 0.264 e. The second-order valence-electron chi connectivity index (χ2n) is 5.45. The fourth-order valence-electron chi connectivity index (χ4n) is 2.25. The summed E-state index contributed by atoms with van der Waals surface area (Å²) in [5.41, 5.74) is 1.15. The van der Waals surface area contributed by atoms with E-state index in [-0.39, 0.29) is 12.5 Å². The Balaban J connectivity index is 1.51. The predicted octanol–water partition coefficient (Wildman–Crippen LogP) is 4.41. The van der Waals surface area contributed by atoms with Crippen LogP contribution in [-0.2, 0) is 11.2 Å². The van der Waals surface area contributed by atoms with Gasteiger partial charge in [0.1, 0.15) is 11.5 Å². The molecule has 5 nitrogen and oxygen atoms in total. The zero-order valence-electron chi connectivity index (χ0n) is 14.1. The molecule has 0 saturated heterocycles. The van der Waals surface area contributed by atoms with Crippen LogP contribution in [0.3, 0.4) is 0 Å². The molecular formula is C19H17ClN2O3S. The Morgan fingerprint density at radius 2 is 2.00 bits per heavy atom. The van der Waals surface area contributed by atoms with Crippen molar-refractivity contribution in [1.29, 1.82) is 0 Å². The van der Waals surface area contributed by atoms with Crippen LogP contribution in [0.25, 0.3) is 0 Å². The van der Waals surface area contributed by atoms with Gasteiger partial charge in [0.05, 0.1) is 7.11 Å². The van der Waals surface area contributed by atoms with E-state index in [0.29, 0.717) is 15.9 Å². The first-order valence-electron chi connectivity index (χ1n) is 7.88. The van der Waals surface area contributed by atoms with Crippen LogP contribution in [0.5, 0.6) is 11.5 Å². The molecule has 0 saturated carbocycles. The van der Waals surface area contributed by atoms with E-state index in [9.17, 15) is 4.79 Å². The highest BCUT2D eigenvalue weighted by atomic mass is 35.5. The standard InChI is InChI=1S/C19H17ClN2O3S/c1-24-15-7-5-13(6-8-15)9-17-11-21-19(26-17)22-18(23)12-25-16-4-2-3-14(20)10-16/h2-8,10-11H,9,12H2,1H3,(H,21,22,23). The van der Waals surface area contributed by atoms with Gasteiger partial charge in [0.2, 0.25) is 0 Å². The van der Waals surface area contributed by atoms with Gasteiger partial charge in [0, 0.05) is 22.5 Å². The van der Waals surface area contributed by atoms with Gasteiger partial charge in [-0.1, -0.05) is 29.8 Å². The monoisotopic (exact) mass is 388 g/mol. The minimum absolute atomic E-state index is 0.103. The van der Waals surface area contributed by atoms with Crippen LogP contribution < -0.4 is 14.8 Å². The third kappa shape index (κ3) is 5.21. The third-order valence-electron chi connectivity index (χ3n) is 3.50. The van der Waals surface area contributed by atoms with Gasteiger partial charge in [-0.05, 0) is 35.9 Å². The Hall–Kier alpha value is -2.57. The molecule has 0 bridgehead atoms. The summed E-state index contributed by atoms with van der Waals surface area (Å²) in [5.74, 6) is 1.10. The van der Waals surface area contributed by atoms with E-state index in [1.165, 1.54) is 11.3 Å². The normalized spacial score (nSPS) is 10.4. The summed E-state index contributed by atoms with van der Waals surface area (Å²) in [6.45, 7) is -0.103. The molecule has 0 unspecified atom stereocenters. The van der Waals surface area contributed by atoms with Crippen molar-refractivity contribution in [3.63, 3.8) is 0 Å². The zero-order valence-corrected chi connectivity index (χ0v) is 15.6. The second-order valence-corrected chi connectivity index (χ2v) is 7.00. The van der Waals surface area contributed by atoms with E-state index in [1.807, 2.05) is 24.3 Å². The van der Waals surface area contributed by atoms with Gasteiger partial charge >= 0.3 is 0 Å². The lowest BCUT2D eigenvalue weighted by atomic mass is 10.1. The predicted molar refractivity (Wildman–Crippen MR) is 103 cm³/mol. The van der Waals surface area contributed by atoms with Crippen LogP contribution in [0, 0.1) is 0 Å². The Labute approximate surface area is 160 Å². The zero-order chi connectivity index (χ0) is 18.4. The molecule has 0 fully saturated rings. The average molecular weight is 389 g/mol. The van der Waals surface area contributed by atoms with Crippen LogP contribution in [0.4, 0.5) is 5.13 Å². The Kier molecular flexibility index (Phi) is 6.09. The Bertz CT molecular complexity index is 881. The number of methoxy groups -OCH3 is 1. The molecule has 3 aromatic rings. The van der Waals surface area contributed by atoms with Gasteiger partial charge < -0.3 is 9.47 Å². The topological polar surface area (TPSA) is 60.5 Å². The van der Waals surface area contributed by atoms with Gasteiger partial charge in [-0.25, -0.2) is 4.98 Å². The smallest absolute Gasteiger partial charge is 0.264 e. The minimum Gasteiger partial charge on any atom is -0.497 e. The average Bonchev–Trinajstić information content (AvgIpc) is 3.07. The molecule has 2 aromatic carbocycles. The minimum atomic E-state index is -0.268. The molecule has 0 atom stereocenters. The highest BCUT2D eigenvalue weighted by molar-refractivity contribution is 7.15. The van der Waals surface area contributed by atoms with Crippen LogP contribution >= 0.6 is 22.9 Å². The van der Waals surface area contributed by atoms with Crippen molar-refractivity contribution in [2.75, 3.05) is 19.0 Å². The van der Waals surface area contributed by atoms with Gasteiger partial charge in [-0.15, -0.1) is 11.3 Å². The van der Waals surface area contributed by atoms with Crippen molar-refractivity contribution in [2.24, 2.45) is 0 Å². The van der Waals surface area contributed by atoms with Gasteiger partial charge in [-0.2, -0.15) is 0 Å². The summed E-state index contributed by atoms with van der Waals surface area (Å²) < 4.78 is 10.6. The van der Waals surface area contributed by atoms with Gasteiger partial charge in [0.15, 0.2) is 11.7 Å². The molecule has 1 amide bonds. The van der Waals surface area contributed by atoms with E-state index in [0.717, 1.165) is 22.6 Å². The summed E-state index contributed by atoms with van der Waals surface area (Å²) in [7, 11) is 1.64. The lowest BCUT2D eigenvalue weighted by molar-refractivity contribution is -0.118. The number of amides is 1. The highest BCUT2D eigenvalue weighted by Crippen LogP contribution is 2.22. The molecule has 0 spiro atoms. The number of benzene rings is 2. The van der Waals surface area contributed by atoms with Crippen molar-refractivity contribution in [2.45, 2.75) is 6.42 Å². The number of aromatic nitrogens is 1. The summed E-state index contributed by atoms with van der Waals surface area (Å²) in [6.07, 6.45) is 2.51. The van der Waals surface area contributed by atoms with Gasteiger partial charge in [-0.3, -0.25) is 10.1 Å². The maximum atomic E-state index is 12.0. The van der Waals surface area contributed by atoms with Gasteiger partial charge in [0.25, 0.3) is 5.91 Å². The fraction of sp³-hybridized carbons (Fsp3) is 0.158. The van der Waals surface area contributed by atoms with Crippen molar-refractivity contribution >= 4 is 34.0 Å². The molecule has 0 aliphatic rings. The number of carbonyl (C=O) groups excluding carboxylic acids is 1. The molecule has 26 heavy (non-hydrogen) atoms. The SMILES string of the molecule is COc1ccc(Cc2cnc(NC(=O)COc3cccc(Cl)c3)s2)cc1. The number of rotatable bonds is 7. The molecule has 1 heterocycles. The maximum absolute atomic E-state index is 12.0. The van der Waals surface area contributed by atoms with E-state index in [1.54, 1.807) is 37.6 Å². The van der Waals surface area contributed by atoms with Crippen molar-refractivity contribution in [3.05, 3.63) is 70.2 Å². The van der Waals surface area contributed by atoms with Crippen LogP contribution in [-0.4, -0.2) is 24.6 Å². The molecule has 0 aliphatic heterocycles. The van der Waals surface area contributed by atoms with Crippen molar-refractivity contribution in [1.82, 2.24) is 4.98 Å². The molecular weight excluding hydrogens is 372 g/mol. The van der Waals surface area contributed by atoms with Crippen LogP contribution in [0.1, 0.15) is 10.4 Å². The Morgan fingerprint density at radius 1 is 1.19 bits per heavy atom. The van der Waals surface area contributed by atoms with Crippen LogP contribution in [0.15, 0.2) is 54.7 Å². The molecule has 0 radical (unpaired) electrons. The van der Waals surface area contributed by atoms with E-state index >= 15 is 0 Å².